The fourth-order valence-corrected chi connectivity index (χ4v) is 2.90. The van der Waals surface area contributed by atoms with Gasteiger partial charge in [0.1, 0.15) is 0 Å². The van der Waals surface area contributed by atoms with Gasteiger partial charge in [0.05, 0.1) is 4.88 Å². The maximum Gasteiger partial charge on any atom is 0.261 e. The summed E-state index contributed by atoms with van der Waals surface area (Å²) in [5.74, 6) is 0.813. The van der Waals surface area contributed by atoms with Crippen LogP contribution in [0.3, 0.4) is 0 Å². The maximum atomic E-state index is 11.8. The molecule has 0 aromatic carbocycles. The second-order valence-electron chi connectivity index (χ2n) is 5.92. The lowest BCUT2D eigenvalue weighted by Crippen LogP contribution is -2.41. The summed E-state index contributed by atoms with van der Waals surface area (Å²) < 4.78 is 5.07. The van der Waals surface area contributed by atoms with Crippen LogP contribution in [-0.4, -0.2) is 76.8 Å². The molecule has 1 rings (SSSR count). The molecule has 1 aromatic heterocycles. The van der Waals surface area contributed by atoms with E-state index >= 15 is 0 Å². The Morgan fingerprint density at radius 3 is 2.70 bits per heavy atom. The summed E-state index contributed by atoms with van der Waals surface area (Å²) in [6.45, 7) is 7.78. The lowest BCUT2D eigenvalue weighted by atomic mass is 10.4. The number of likely N-dealkylation sites (N-methyl/N-ethyl adjacent to an activating group) is 1. The highest BCUT2D eigenvalue weighted by atomic mass is 127. The highest BCUT2D eigenvalue weighted by Crippen LogP contribution is 2.07. The number of amides is 1. The van der Waals surface area contributed by atoms with Gasteiger partial charge in [-0.1, -0.05) is 6.07 Å². The van der Waals surface area contributed by atoms with E-state index in [0.717, 1.165) is 56.5 Å². The number of halogens is 1. The minimum absolute atomic E-state index is 0. The molecule has 0 aliphatic heterocycles. The second kappa shape index (κ2) is 17.2. The van der Waals surface area contributed by atoms with E-state index in [2.05, 4.69) is 39.8 Å². The Kier molecular flexibility index (Phi) is 16.6. The first-order valence-corrected chi connectivity index (χ1v) is 10.1. The molecular formula is C18H34IN5O2S. The van der Waals surface area contributed by atoms with E-state index in [4.69, 9.17) is 4.74 Å². The summed E-state index contributed by atoms with van der Waals surface area (Å²) in [6, 6.07) is 3.71. The molecule has 0 aliphatic rings. The first-order chi connectivity index (χ1) is 12.7. The summed E-state index contributed by atoms with van der Waals surface area (Å²) >= 11 is 1.45. The molecule has 0 atom stereocenters. The molecule has 1 amide bonds. The highest BCUT2D eigenvalue weighted by Gasteiger charge is 2.04. The number of hydrogen-bond donors (Lipinski definition) is 3. The zero-order valence-electron chi connectivity index (χ0n) is 16.6. The van der Waals surface area contributed by atoms with Crippen LogP contribution in [0.4, 0.5) is 0 Å². The van der Waals surface area contributed by atoms with Crippen molar-refractivity contribution in [1.29, 1.82) is 0 Å². The average molecular weight is 511 g/mol. The Morgan fingerprint density at radius 2 is 2.04 bits per heavy atom. The summed E-state index contributed by atoms with van der Waals surface area (Å²) in [7, 11) is 3.84. The van der Waals surface area contributed by atoms with Gasteiger partial charge in [0.2, 0.25) is 0 Å². The van der Waals surface area contributed by atoms with Gasteiger partial charge in [-0.05, 0) is 38.3 Å². The number of thiophene rings is 1. The molecule has 156 valence electrons. The van der Waals surface area contributed by atoms with E-state index in [1.165, 1.54) is 11.3 Å². The van der Waals surface area contributed by atoms with Crippen LogP contribution < -0.4 is 16.0 Å². The van der Waals surface area contributed by atoms with E-state index < -0.39 is 0 Å². The van der Waals surface area contributed by atoms with Crippen LogP contribution in [0.2, 0.25) is 0 Å². The molecule has 0 fully saturated rings. The van der Waals surface area contributed by atoms with Crippen LogP contribution >= 0.6 is 35.3 Å². The number of carbonyl (C=O) groups excluding carboxylic acids is 1. The first-order valence-electron chi connectivity index (χ1n) is 9.18. The number of nitrogens with zero attached hydrogens (tertiary/aromatic N) is 2. The van der Waals surface area contributed by atoms with Gasteiger partial charge in [0, 0.05) is 53.0 Å². The van der Waals surface area contributed by atoms with Crippen molar-refractivity contribution in [2.45, 2.75) is 19.8 Å². The molecule has 0 spiro atoms. The van der Waals surface area contributed by atoms with Crippen molar-refractivity contribution in [3.8, 4) is 0 Å². The molecule has 1 aromatic rings. The molecule has 0 aliphatic carbocycles. The van der Waals surface area contributed by atoms with Gasteiger partial charge in [0.25, 0.3) is 5.91 Å². The third-order valence-corrected chi connectivity index (χ3v) is 4.52. The Balaban J connectivity index is 0.00000676. The van der Waals surface area contributed by atoms with Gasteiger partial charge in [-0.2, -0.15) is 0 Å². The summed E-state index contributed by atoms with van der Waals surface area (Å²) in [5.41, 5.74) is 0. The smallest absolute Gasteiger partial charge is 0.261 e. The Labute approximate surface area is 184 Å². The molecule has 0 radical (unpaired) electrons. The lowest BCUT2D eigenvalue weighted by molar-refractivity contribution is 0.0957. The number of rotatable bonds is 13. The molecule has 0 unspecified atom stereocenters. The van der Waals surface area contributed by atoms with E-state index in [1.54, 1.807) is 7.11 Å². The third kappa shape index (κ3) is 13.0. The van der Waals surface area contributed by atoms with Crippen molar-refractivity contribution >= 4 is 47.2 Å². The van der Waals surface area contributed by atoms with Gasteiger partial charge in [-0.15, -0.1) is 35.3 Å². The molecule has 27 heavy (non-hydrogen) atoms. The summed E-state index contributed by atoms with van der Waals surface area (Å²) in [4.78, 5) is 19.4. The SMILES string of the molecule is CCNC(=NCCCNC(=O)c1cccs1)NCCN(C)CCCOC.I. The molecule has 7 nitrogen and oxygen atoms in total. The summed E-state index contributed by atoms with van der Waals surface area (Å²) in [6.07, 6.45) is 1.85. The van der Waals surface area contributed by atoms with Gasteiger partial charge < -0.3 is 25.6 Å². The predicted molar refractivity (Wildman–Crippen MR) is 125 cm³/mol. The predicted octanol–water partition coefficient (Wildman–Crippen LogP) is 2.01. The number of methoxy groups -OCH3 is 1. The fourth-order valence-electron chi connectivity index (χ4n) is 2.26. The Morgan fingerprint density at radius 1 is 1.22 bits per heavy atom. The van der Waals surface area contributed by atoms with Crippen LogP contribution in [0.5, 0.6) is 0 Å². The number of aliphatic imine (C=N–C) groups is 1. The van der Waals surface area contributed by atoms with E-state index in [1.807, 2.05) is 17.5 Å². The Hall–Kier alpha value is -0.910. The summed E-state index contributed by atoms with van der Waals surface area (Å²) in [5, 5.41) is 11.4. The quantitative estimate of drug-likeness (QED) is 0.164. The highest BCUT2D eigenvalue weighted by molar-refractivity contribution is 14.0. The van der Waals surface area contributed by atoms with E-state index in [0.29, 0.717) is 13.1 Å². The van der Waals surface area contributed by atoms with Gasteiger partial charge >= 0.3 is 0 Å². The van der Waals surface area contributed by atoms with Gasteiger partial charge in [-0.25, -0.2) is 0 Å². The van der Waals surface area contributed by atoms with Crippen LogP contribution in [0.25, 0.3) is 0 Å². The van der Waals surface area contributed by atoms with Crippen molar-refractivity contribution in [1.82, 2.24) is 20.9 Å². The molecule has 0 saturated heterocycles. The minimum Gasteiger partial charge on any atom is -0.385 e. The van der Waals surface area contributed by atoms with Crippen molar-refractivity contribution in [3.05, 3.63) is 22.4 Å². The maximum absolute atomic E-state index is 11.8. The van der Waals surface area contributed by atoms with Crippen LogP contribution in [0.15, 0.2) is 22.5 Å². The number of guanidine groups is 1. The van der Waals surface area contributed by atoms with E-state index in [-0.39, 0.29) is 29.9 Å². The van der Waals surface area contributed by atoms with Crippen LogP contribution in [0.1, 0.15) is 29.4 Å². The van der Waals surface area contributed by atoms with Crippen molar-refractivity contribution < 1.29 is 9.53 Å². The molecular weight excluding hydrogens is 477 g/mol. The molecule has 9 heteroatoms. The van der Waals surface area contributed by atoms with E-state index in [9.17, 15) is 4.79 Å². The van der Waals surface area contributed by atoms with Crippen molar-refractivity contribution in [2.75, 3.05) is 60.0 Å². The van der Waals surface area contributed by atoms with Crippen molar-refractivity contribution in [2.24, 2.45) is 4.99 Å². The fraction of sp³-hybridized carbons (Fsp3) is 0.667. The molecule has 1 heterocycles. The number of carbonyl (C=O) groups is 1. The normalized spacial score (nSPS) is 11.2. The largest absolute Gasteiger partial charge is 0.385 e. The average Bonchev–Trinajstić information content (AvgIpc) is 3.16. The second-order valence-corrected chi connectivity index (χ2v) is 6.87. The zero-order valence-corrected chi connectivity index (χ0v) is 19.8. The van der Waals surface area contributed by atoms with Crippen molar-refractivity contribution in [3.63, 3.8) is 0 Å². The molecule has 0 saturated carbocycles. The van der Waals surface area contributed by atoms with Gasteiger partial charge in [0.15, 0.2) is 5.96 Å². The third-order valence-electron chi connectivity index (χ3n) is 3.65. The minimum atomic E-state index is -0.00878. The molecule has 0 bridgehead atoms. The number of ether oxygens (including phenoxy) is 1. The Bertz CT molecular complexity index is 514. The monoisotopic (exact) mass is 511 g/mol. The zero-order chi connectivity index (χ0) is 19.0. The van der Waals surface area contributed by atoms with Crippen LogP contribution in [-0.2, 0) is 4.74 Å². The number of hydrogen-bond acceptors (Lipinski definition) is 5. The lowest BCUT2D eigenvalue weighted by Gasteiger charge is -2.18. The first kappa shape index (κ1) is 26.1. The topological polar surface area (TPSA) is 78.0 Å². The molecule has 3 N–H and O–H groups in total. The van der Waals surface area contributed by atoms with Crippen LogP contribution in [0, 0.1) is 0 Å². The van der Waals surface area contributed by atoms with Gasteiger partial charge in [-0.3, -0.25) is 9.79 Å². The standard InChI is InChI=1S/C18H33N5O2S.HI/c1-4-19-18(22-11-13-23(2)12-7-14-25-3)21-10-6-9-20-17(24)16-8-5-15-26-16;/h5,8,15H,4,6-7,9-14H2,1-3H3,(H,20,24)(H2,19,21,22);1H. The number of nitrogens with one attached hydrogen (secondary N) is 3.